The van der Waals surface area contributed by atoms with Gasteiger partial charge in [-0.05, 0) is 315 Å². The van der Waals surface area contributed by atoms with Gasteiger partial charge in [-0.3, -0.25) is 0 Å². The Morgan fingerprint density at radius 3 is 0.576 bits per heavy atom. The van der Waals surface area contributed by atoms with E-state index in [1.807, 2.05) is 0 Å². The number of fused-ring (bicyclic) bond motifs is 40. The van der Waals surface area contributed by atoms with Gasteiger partial charge in [-0.15, -0.1) is 0 Å². The number of hydrogen-bond acceptors (Lipinski definition) is 0. The predicted octanol–water partition coefficient (Wildman–Crippen LogP) is 33.4. The Morgan fingerprint density at radius 2 is 0.356 bits per heavy atom. The molecule has 0 saturated carbocycles. The van der Waals surface area contributed by atoms with Gasteiger partial charge in [-0.25, -0.2) is 0 Å². The van der Waals surface area contributed by atoms with Gasteiger partial charge in [0, 0.05) is 21.7 Å². The van der Waals surface area contributed by atoms with Crippen LogP contribution in [0.15, 0.2) is 315 Å². The first-order chi connectivity index (χ1) is 57.9. The average Bonchev–Trinajstić information content (AvgIpc) is 1.52. The summed E-state index contributed by atoms with van der Waals surface area (Å²) in [6.07, 6.45) is 6.37. The molecule has 4 aliphatic rings. The van der Waals surface area contributed by atoms with Crippen LogP contribution in [0.1, 0.15) is 152 Å². The molecule has 0 nitrogen and oxygen atoms in total. The van der Waals surface area contributed by atoms with Gasteiger partial charge >= 0.3 is 0 Å². The summed E-state index contributed by atoms with van der Waals surface area (Å²) < 4.78 is 0. The van der Waals surface area contributed by atoms with Gasteiger partial charge in [0.2, 0.25) is 0 Å². The first-order valence-corrected chi connectivity index (χ1v) is 44.0. The molecular formula is C118H96. The summed E-state index contributed by atoms with van der Waals surface area (Å²) in [5, 5.41) is 32.8. The molecule has 118 heavy (non-hydrogen) atoms. The minimum atomic E-state index is -0.138. The van der Waals surface area contributed by atoms with Crippen LogP contribution in [-0.2, 0) is 21.7 Å². The van der Waals surface area contributed by atoms with E-state index in [4.69, 9.17) is 0 Å². The molecule has 20 aromatic rings. The smallest absolute Gasteiger partial charge is 0.0267 e. The minimum Gasteiger partial charge on any atom is -0.0642 e. The van der Waals surface area contributed by atoms with Crippen molar-refractivity contribution in [1.82, 2.24) is 0 Å². The van der Waals surface area contributed by atoms with Gasteiger partial charge in [-0.2, -0.15) is 0 Å². The second-order valence-electron chi connectivity index (χ2n) is 35.6. The maximum atomic E-state index is 2.54. The number of rotatable bonds is 10. The molecule has 0 bridgehead atoms. The van der Waals surface area contributed by atoms with Crippen molar-refractivity contribution >= 4 is 129 Å². The zero-order valence-corrected chi connectivity index (χ0v) is 69.4. The summed E-state index contributed by atoms with van der Waals surface area (Å²) in [6.45, 7) is 24.2. The number of benzene rings is 20. The van der Waals surface area contributed by atoms with Gasteiger partial charge in [0.15, 0.2) is 0 Å². The van der Waals surface area contributed by atoms with E-state index in [0.717, 1.165) is 38.5 Å². The second kappa shape index (κ2) is 26.0. The van der Waals surface area contributed by atoms with Crippen molar-refractivity contribution in [3.05, 3.63) is 360 Å². The highest BCUT2D eigenvalue weighted by molar-refractivity contribution is 6.32. The standard InChI is InChI=1S/C60H50.C58H46/c1-7-59(8-2)53-31-25-37(33-51(53)49-29-27-47-43-21-11-9-17-39(43)41-19-13-15-23-45(41)55(47)57(49)59)38-26-32-54-52(34-38)50-30-28-48-44-22-12-10-18-40(44)42-20-14-16-24-46(42)56(48)58(50)60(54,35(3)4)36(5)6;1-5-57(6-2)51-31-25-35(33-49(51)47-29-27-45-41-21-11-9-17-37(41)39-19-13-15-23-43(39)53(45)55(47)57)36-26-32-52-50(34-36)48-30-28-46-42-22-12-10-18-38(42)40-20-14-16-24-44(40)54(46)56(48)58(52,7-3)8-4/h9-36H,7-8H2,1-6H3;9-34H,5-8H2,1-4H3. The lowest BCUT2D eigenvalue weighted by Gasteiger charge is -2.41. The number of hydrogen-bond donors (Lipinski definition) is 0. The van der Waals surface area contributed by atoms with Gasteiger partial charge in [-0.1, -0.05) is 360 Å². The topological polar surface area (TPSA) is 0 Å². The van der Waals surface area contributed by atoms with Crippen LogP contribution in [0.3, 0.4) is 0 Å². The Kier molecular flexibility index (Phi) is 15.6. The fourth-order valence-electron chi connectivity index (χ4n) is 25.6. The third-order valence-electron chi connectivity index (χ3n) is 30.8. The molecule has 0 heterocycles. The van der Waals surface area contributed by atoms with Crippen LogP contribution in [-0.4, -0.2) is 0 Å². The van der Waals surface area contributed by atoms with E-state index in [0.29, 0.717) is 11.8 Å². The zero-order chi connectivity index (χ0) is 79.6. The van der Waals surface area contributed by atoms with Crippen molar-refractivity contribution < 1.29 is 0 Å². The molecule has 0 saturated heterocycles. The minimum absolute atomic E-state index is 0.0549. The van der Waals surface area contributed by atoms with Crippen LogP contribution in [0.2, 0.25) is 0 Å². The predicted molar refractivity (Wildman–Crippen MR) is 510 cm³/mol. The molecule has 0 atom stereocenters. The Labute approximate surface area is 692 Å². The molecule has 568 valence electrons. The van der Waals surface area contributed by atoms with Crippen LogP contribution < -0.4 is 0 Å². The van der Waals surface area contributed by atoms with Crippen molar-refractivity contribution in [3.63, 3.8) is 0 Å². The maximum Gasteiger partial charge on any atom is 0.0267 e. The van der Waals surface area contributed by atoms with E-state index in [1.165, 1.54) is 241 Å². The highest BCUT2D eigenvalue weighted by Crippen LogP contribution is 2.64. The lowest BCUT2D eigenvalue weighted by Crippen LogP contribution is -2.37. The van der Waals surface area contributed by atoms with Gasteiger partial charge in [0.1, 0.15) is 0 Å². The first-order valence-electron chi connectivity index (χ1n) is 44.0. The van der Waals surface area contributed by atoms with Crippen molar-refractivity contribution in [2.45, 2.75) is 129 Å². The third kappa shape index (κ3) is 9.11. The van der Waals surface area contributed by atoms with Crippen LogP contribution in [0, 0.1) is 11.8 Å². The van der Waals surface area contributed by atoms with Gasteiger partial charge < -0.3 is 0 Å². The molecular weight excluding hydrogens is 1420 g/mol. The van der Waals surface area contributed by atoms with Crippen molar-refractivity contribution in [1.29, 1.82) is 0 Å². The zero-order valence-electron chi connectivity index (χ0n) is 69.4. The highest BCUT2D eigenvalue weighted by atomic mass is 14.5. The second-order valence-corrected chi connectivity index (χ2v) is 35.6. The Balaban J connectivity index is 0.000000138. The van der Waals surface area contributed by atoms with Crippen LogP contribution >= 0.6 is 0 Å². The fraction of sp³-hybridized carbons (Fsp3) is 0.186. The summed E-state index contributed by atoms with van der Waals surface area (Å²) >= 11 is 0. The largest absolute Gasteiger partial charge is 0.0642 e. The molecule has 0 spiro atoms. The molecule has 0 aromatic heterocycles. The molecule has 0 aliphatic heterocycles. The summed E-state index contributed by atoms with van der Waals surface area (Å²) in [6, 6.07) is 122. The molecule has 0 unspecified atom stereocenters. The highest BCUT2D eigenvalue weighted by Gasteiger charge is 2.51. The summed E-state index contributed by atoms with van der Waals surface area (Å²) in [4.78, 5) is 0. The monoisotopic (exact) mass is 1510 g/mol. The van der Waals surface area contributed by atoms with E-state index < -0.39 is 0 Å². The Morgan fingerprint density at radius 1 is 0.178 bits per heavy atom. The molecule has 0 amide bonds. The Bertz CT molecular complexity index is 7390. The SMILES string of the molecule is CCC1(CC)c2ccc(-c3ccc4c(c3)-c3ccc5c6ccccc6c6ccccc6c5c3C4(C(C)C)C(C)C)cc2-c2ccc3c4ccccc4c4ccccc4c3c21.CCC1(CC)c2ccc(-c3ccc4c(c3)-c3ccc5c6ccccc6c6ccccc6c5c3C4(CC)CC)cc2-c2ccc3c4ccccc4c4ccccc4c3c21. The lowest BCUT2D eigenvalue weighted by molar-refractivity contribution is 0.282. The molecule has 0 fully saturated rings. The molecule has 20 aromatic carbocycles. The van der Waals surface area contributed by atoms with E-state index in [9.17, 15) is 0 Å². The lowest BCUT2D eigenvalue weighted by atomic mass is 9.62. The van der Waals surface area contributed by atoms with E-state index in [2.05, 4.69) is 385 Å². The molecule has 0 N–H and O–H groups in total. The van der Waals surface area contributed by atoms with Crippen LogP contribution in [0.5, 0.6) is 0 Å². The fourth-order valence-corrected chi connectivity index (χ4v) is 25.6. The molecule has 0 radical (unpaired) electrons. The third-order valence-corrected chi connectivity index (χ3v) is 30.8. The van der Waals surface area contributed by atoms with Crippen molar-refractivity contribution in [2.75, 3.05) is 0 Å². The summed E-state index contributed by atoms with van der Waals surface area (Å²) in [5.41, 5.74) is 28.1. The van der Waals surface area contributed by atoms with E-state index in [-0.39, 0.29) is 21.7 Å². The van der Waals surface area contributed by atoms with Gasteiger partial charge in [0.05, 0.1) is 0 Å². The summed E-state index contributed by atoms with van der Waals surface area (Å²) in [5.74, 6) is 0.796. The first kappa shape index (κ1) is 70.9. The van der Waals surface area contributed by atoms with Crippen LogP contribution in [0.25, 0.3) is 196 Å². The maximum absolute atomic E-state index is 2.54. The van der Waals surface area contributed by atoms with E-state index in [1.54, 1.807) is 0 Å². The quantitative estimate of drug-likeness (QED) is 0.120. The molecule has 4 aliphatic carbocycles. The summed E-state index contributed by atoms with van der Waals surface area (Å²) in [7, 11) is 0. The van der Waals surface area contributed by atoms with Crippen molar-refractivity contribution in [3.8, 4) is 66.8 Å². The van der Waals surface area contributed by atoms with Crippen molar-refractivity contribution in [2.24, 2.45) is 11.8 Å². The van der Waals surface area contributed by atoms with Gasteiger partial charge in [0.25, 0.3) is 0 Å². The van der Waals surface area contributed by atoms with E-state index >= 15 is 0 Å². The molecule has 24 rings (SSSR count). The molecule has 0 heteroatoms. The Hall–Kier alpha value is -12.5. The average molecular weight is 1510 g/mol. The van der Waals surface area contributed by atoms with Crippen LogP contribution in [0.4, 0.5) is 0 Å². The normalized spacial score (nSPS) is 14.8.